The van der Waals surface area contributed by atoms with E-state index in [1.54, 1.807) is 45.0 Å². The minimum atomic E-state index is -0.683. The van der Waals surface area contributed by atoms with Crippen LogP contribution >= 0.6 is 11.6 Å². The average Bonchev–Trinajstić information content (AvgIpc) is 2.97. The van der Waals surface area contributed by atoms with Crippen molar-refractivity contribution >= 4 is 46.7 Å². The average molecular weight is 614 g/mol. The third kappa shape index (κ3) is 9.29. The van der Waals surface area contributed by atoms with E-state index in [1.807, 2.05) is 0 Å². The summed E-state index contributed by atoms with van der Waals surface area (Å²) in [5, 5.41) is 8.26. The number of carbonyl (C=O) groups is 3. The largest absolute Gasteiger partial charge is 0.491 e. The third-order valence-electron chi connectivity index (χ3n) is 6.06. The molecule has 1 aliphatic heterocycles. The van der Waals surface area contributed by atoms with Crippen molar-refractivity contribution in [3.05, 3.63) is 76.7 Å². The lowest BCUT2D eigenvalue weighted by Gasteiger charge is -2.29. The van der Waals surface area contributed by atoms with Crippen molar-refractivity contribution in [3.63, 3.8) is 0 Å². The van der Waals surface area contributed by atoms with Gasteiger partial charge in [0.15, 0.2) is 0 Å². The smallest absolute Gasteiger partial charge is 0.407 e. The van der Waals surface area contributed by atoms with Gasteiger partial charge < -0.3 is 35.1 Å². The standard InChI is InChI=1S/C30H33ClFN5O6/c1-30(2,3)43-29(40)33-10-13-42-25-17-21(37-11-14-41-15-12-37)6-7-22(25)27(38)35-24-8-5-20(32)16-23(24)28(39)36-26-9-4-19(31)18-34-26/h4-9,16-18H,10-15H2,1-3H3,(H,33,40)(H,35,38)(H,34,36,39). The molecule has 1 saturated heterocycles. The summed E-state index contributed by atoms with van der Waals surface area (Å²) >= 11 is 5.86. The van der Waals surface area contributed by atoms with Crippen molar-refractivity contribution in [1.29, 1.82) is 0 Å². The molecule has 0 spiro atoms. The molecule has 13 heteroatoms. The van der Waals surface area contributed by atoms with Crippen molar-refractivity contribution in [1.82, 2.24) is 10.3 Å². The fraction of sp³-hybridized carbons (Fsp3) is 0.333. The van der Waals surface area contributed by atoms with Crippen LogP contribution in [0.15, 0.2) is 54.7 Å². The molecule has 43 heavy (non-hydrogen) atoms. The number of hydrogen-bond acceptors (Lipinski definition) is 8. The fourth-order valence-corrected chi connectivity index (χ4v) is 4.21. The van der Waals surface area contributed by atoms with Gasteiger partial charge in [0.1, 0.15) is 29.6 Å². The van der Waals surface area contributed by atoms with Crippen LogP contribution in [0.4, 0.5) is 26.4 Å². The van der Waals surface area contributed by atoms with Gasteiger partial charge in [0, 0.05) is 31.0 Å². The highest BCUT2D eigenvalue weighted by Gasteiger charge is 2.21. The number of hydrogen-bond donors (Lipinski definition) is 3. The van der Waals surface area contributed by atoms with E-state index in [0.29, 0.717) is 31.3 Å². The van der Waals surface area contributed by atoms with E-state index in [1.165, 1.54) is 18.3 Å². The molecule has 3 aromatic rings. The minimum Gasteiger partial charge on any atom is -0.491 e. The number of amides is 3. The highest BCUT2D eigenvalue weighted by Crippen LogP contribution is 2.28. The maximum absolute atomic E-state index is 14.2. The SMILES string of the molecule is CC(C)(C)OC(=O)NCCOc1cc(N2CCOCC2)ccc1C(=O)Nc1ccc(F)cc1C(=O)Nc1ccc(Cl)cn1. The zero-order chi connectivity index (χ0) is 31.0. The predicted octanol–water partition coefficient (Wildman–Crippen LogP) is 5.12. The lowest BCUT2D eigenvalue weighted by molar-refractivity contribution is 0.0519. The number of anilines is 3. The second kappa shape index (κ2) is 14.2. The molecule has 1 aromatic heterocycles. The summed E-state index contributed by atoms with van der Waals surface area (Å²) in [4.78, 5) is 44.6. The number of nitrogens with one attached hydrogen (secondary N) is 3. The molecule has 11 nitrogen and oxygen atoms in total. The van der Waals surface area contributed by atoms with Gasteiger partial charge in [0.2, 0.25) is 0 Å². The topological polar surface area (TPSA) is 131 Å². The molecule has 0 unspecified atom stereocenters. The Morgan fingerprint density at radius 3 is 2.44 bits per heavy atom. The van der Waals surface area contributed by atoms with Gasteiger partial charge in [-0.1, -0.05) is 11.6 Å². The minimum absolute atomic E-state index is 0.0460. The summed E-state index contributed by atoms with van der Waals surface area (Å²) < 4.78 is 30.8. The number of nitrogens with zero attached hydrogens (tertiary/aromatic N) is 2. The van der Waals surface area contributed by atoms with Gasteiger partial charge in [-0.25, -0.2) is 14.2 Å². The van der Waals surface area contributed by atoms with Crippen molar-refractivity contribution in [2.24, 2.45) is 0 Å². The maximum atomic E-state index is 14.2. The summed E-state index contributed by atoms with van der Waals surface area (Å²) in [5.41, 5.74) is 0.313. The van der Waals surface area contributed by atoms with Crippen LogP contribution in [0, 0.1) is 5.82 Å². The fourth-order valence-electron chi connectivity index (χ4n) is 4.10. The Morgan fingerprint density at radius 2 is 1.74 bits per heavy atom. The summed E-state index contributed by atoms with van der Waals surface area (Å²) in [5.74, 6) is -1.48. The second-order valence-corrected chi connectivity index (χ2v) is 11.0. The van der Waals surface area contributed by atoms with E-state index in [2.05, 4.69) is 25.8 Å². The van der Waals surface area contributed by atoms with Crippen molar-refractivity contribution in [3.8, 4) is 5.75 Å². The molecular weight excluding hydrogens is 581 g/mol. The maximum Gasteiger partial charge on any atom is 0.407 e. The van der Waals surface area contributed by atoms with Crippen LogP contribution in [0.5, 0.6) is 5.75 Å². The van der Waals surface area contributed by atoms with Crippen molar-refractivity contribution in [2.75, 3.05) is 55.0 Å². The van der Waals surface area contributed by atoms with Crippen LogP contribution in [0.25, 0.3) is 0 Å². The Morgan fingerprint density at radius 1 is 1.00 bits per heavy atom. The number of halogens is 2. The number of ether oxygens (including phenoxy) is 3. The Balaban J connectivity index is 1.53. The van der Waals surface area contributed by atoms with Crippen LogP contribution in [-0.2, 0) is 9.47 Å². The van der Waals surface area contributed by atoms with Crippen LogP contribution in [0.3, 0.4) is 0 Å². The Bertz CT molecular complexity index is 1460. The van der Waals surface area contributed by atoms with Crippen LogP contribution in [0.1, 0.15) is 41.5 Å². The zero-order valence-corrected chi connectivity index (χ0v) is 24.8. The third-order valence-corrected chi connectivity index (χ3v) is 6.28. The number of morpholine rings is 1. The molecule has 3 N–H and O–H groups in total. The molecule has 0 atom stereocenters. The van der Waals surface area contributed by atoms with Crippen LogP contribution in [0.2, 0.25) is 5.02 Å². The van der Waals surface area contributed by atoms with E-state index in [-0.39, 0.29) is 41.5 Å². The number of aromatic nitrogens is 1. The first-order chi connectivity index (χ1) is 20.5. The van der Waals surface area contributed by atoms with E-state index in [4.69, 9.17) is 25.8 Å². The molecular formula is C30H33ClFN5O6. The van der Waals surface area contributed by atoms with Gasteiger partial charge in [-0.2, -0.15) is 0 Å². The van der Waals surface area contributed by atoms with Crippen molar-refractivity contribution in [2.45, 2.75) is 26.4 Å². The Kier molecular flexibility index (Phi) is 10.4. The predicted molar refractivity (Wildman–Crippen MR) is 161 cm³/mol. The van der Waals surface area contributed by atoms with Crippen molar-refractivity contribution < 1.29 is 33.0 Å². The molecule has 0 radical (unpaired) electrons. The molecule has 1 aliphatic rings. The van der Waals surface area contributed by atoms with Gasteiger partial charge in [0.05, 0.1) is 41.6 Å². The van der Waals surface area contributed by atoms with E-state index >= 15 is 0 Å². The Hall–Kier alpha value is -4.42. The highest BCUT2D eigenvalue weighted by atomic mass is 35.5. The quantitative estimate of drug-likeness (QED) is 0.284. The molecule has 1 fully saturated rings. The summed E-state index contributed by atoms with van der Waals surface area (Å²) in [6.45, 7) is 7.92. The second-order valence-electron chi connectivity index (χ2n) is 10.5. The molecule has 0 aliphatic carbocycles. The van der Waals surface area contributed by atoms with Crippen LogP contribution in [-0.4, -0.2) is 67.9 Å². The molecule has 2 aromatic carbocycles. The number of benzene rings is 2. The van der Waals surface area contributed by atoms with Crippen LogP contribution < -0.4 is 25.6 Å². The van der Waals surface area contributed by atoms with Gasteiger partial charge in [0.25, 0.3) is 11.8 Å². The Labute approximate surface area is 253 Å². The lowest BCUT2D eigenvalue weighted by atomic mass is 10.1. The lowest BCUT2D eigenvalue weighted by Crippen LogP contribution is -2.36. The van der Waals surface area contributed by atoms with Gasteiger partial charge in [-0.3, -0.25) is 9.59 Å². The van der Waals surface area contributed by atoms with Gasteiger partial charge >= 0.3 is 6.09 Å². The van der Waals surface area contributed by atoms with Gasteiger partial charge in [-0.15, -0.1) is 0 Å². The summed E-state index contributed by atoms with van der Waals surface area (Å²) in [6, 6.07) is 11.6. The van der Waals surface area contributed by atoms with E-state index in [0.717, 1.165) is 17.8 Å². The molecule has 3 amide bonds. The first-order valence-electron chi connectivity index (χ1n) is 13.6. The summed E-state index contributed by atoms with van der Waals surface area (Å²) in [6.07, 6.45) is 0.767. The molecule has 0 bridgehead atoms. The number of alkyl carbamates (subject to hydrolysis) is 1. The monoisotopic (exact) mass is 613 g/mol. The molecule has 228 valence electrons. The van der Waals surface area contributed by atoms with E-state index in [9.17, 15) is 18.8 Å². The molecule has 0 saturated carbocycles. The molecule has 4 rings (SSSR count). The highest BCUT2D eigenvalue weighted by molar-refractivity contribution is 6.30. The zero-order valence-electron chi connectivity index (χ0n) is 24.0. The first kappa shape index (κ1) is 31.5. The summed E-state index contributed by atoms with van der Waals surface area (Å²) in [7, 11) is 0. The van der Waals surface area contributed by atoms with Gasteiger partial charge in [-0.05, 0) is 63.2 Å². The number of rotatable bonds is 9. The number of carbonyl (C=O) groups excluding carboxylic acids is 3. The van der Waals surface area contributed by atoms with E-state index < -0.39 is 29.3 Å². The molecule has 2 heterocycles. The first-order valence-corrected chi connectivity index (χ1v) is 14.0. The number of pyridine rings is 1. The normalized spacial score (nSPS) is 13.2.